The van der Waals surface area contributed by atoms with Gasteiger partial charge in [-0.1, -0.05) is 13.3 Å². The highest BCUT2D eigenvalue weighted by Gasteiger charge is 2.52. The van der Waals surface area contributed by atoms with Crippen LogP contribution in [0.5, 0.6) is 0 Å². The van der Waals surface area contributed by atoms with Gasteiger partial charge < -0.3 is 9.31 Å². The van der Waals surface area contributed by atoms with Crippen LogP contribution in [-0.4, -0.2) is 23.3 Å². The van der Waals surface area contributed by atoms with E-state index in [0.717, 1.165) is 23.3 Å². The summed E-state index contributed by atoms with van der Waals surface area (Å²) >= 11 is 1.63. The lowest BCUT2D eigenvalue weighted by Crippen LogP contribution is -2.41. The van der Waals surface area contributed by atoms with Crippen LogP contribution in [0.1, 0.15) is 46.7 Å². The molecule has 1 aliphatic heterocycles. The maximum Gasteiger partial charge on any atom is 0.507 e. The number of hydrogen-bond acceptors (Lipinski definition) is 4. The smallest absolute Gasteiger partial charge is 0.399 e. The maximum absolute atomic E-state index is 6.04. The lowest BCUT2D eigenvalue weighted by molar-refractivity contribution is 0.00578. The minimum atomic E-state index is -0.273. The van der Waals surface area contributed by atoms with Crippen LogP contribution in [0.15, 0.2) is 5.51 Å². The van der Waals surface area contributed by atoms with Crippen molar-refractivity contribution in [2.45, 2.75) is 58.7 Å². The van der Waals surface area contributed by atoms with E-state index in [4.69, 9.17) is 9.31 Å². The van der Waals surface area contributed by atoms with Gasteiger partial charge in [-0.15, -0.1) is 11.3 Å². The van der Waals surface area contributed by atoms with Crippen LogP contribution in [0, 0.1) is 0 Å². The summed E-state index contributed by atoms with van der Waals surface area (Å²) in [6.07, 6.45) is 2.08. The molecule has 0 aliphatic carbocycles. The van der Waals surface area contributed by atoms with Gasteiger partial charge in [0.25, 0.3) is 0 Å². The average Bonchev–Trinajstić information content (AvgIpc) is 2.71. The highest BCUT2D eigenvalue weighted by molar-refractivity contribution is 7.20. The number of hydrogen-bond donors (Lipinski definition) is 0. The third kappa shape index (κ3) is 2.28. The summed E-state index contributed by atoms with van der Waals surface area (Å²) in [6.45, 7) is 10.5. The predicted octanol–water partition coefficient (Wildman–Crippen LogP) is 2.39. The molecule has 2 rings (SSSR count). The van der Waals surface area contributed by atoms with Gasteiger partial charge in [0, 0.05) is 0 Å². The molecule has 0 amide bonds. The number of nitrogens with zero attached hydrogens (tertiary/aromatic N) is 1. The second-order valence-electron chi connectivity index (χ2n) is 5.50. The molecule has 0 spiro atoms. The summed E-state index contributed by atoms with van der Waals surface area (Å²) in [7, 11) is -0.256. The van der Waals surface area contributed by atoms with Crippen LogP contribution in [0.3, 0.4) is 0 Å². The Morgan fingerprint density at radius 3 is 2.35 bits per heavy atom. The molecule has 1 aliphatic rings. The molecule has 1 aromatic rings. The zero-order valence-corrected chi connectivity index (χ0v) is 12.1. The van der Waals surface area contributed by atoms with E-state index in [9.17, 15) is 0 Å². The molecule has 1 saturated heterocycles. The summed E-state index contributed by atoms with van der Waals surface area (Å²) in [5.41, 5.74) is 2.46. The van der Waals surface area contributed by atoms with Crippen LogP contribution in [-0.2, 0) is 15.7 Å². The van der Waals surface area contributed by atoms with Gasteiger partial charge in [-0.05, 0) is 34.1 Å². The van der Waals surface area contributed by atoms with E-state index in [0.29, 0.717) is 0 Å². The number of thiazole rings is 1. The van der Waals surface area contributed by atoms with Crippen LogP contribution in [0.4, 0.5) is 0 Å². The molecule has 0 unspecified atom stereocenters. The average molecular weight is 253 g/mol. The Morgan fingerprint density at radius 2 is 1.82 bits per heavy atom. The fourth-order valence-corrected chi connectivity index (χ4v) is 2.64. The molecule has 0 saturated carbocycles. The molecule has 17 heavy (non-hydrogen) atoms. The van der Waals surface area contributed by atoms with Gasteiger partial charge in [0.15, 0.2) is 0 Å². The fourth-order valence-electron chi connectivity index (χ4n) is 1.84. The molecule has 0 atom stereocenters. The van der Waals surface area contributed by atoms with Crippen molar-refractivity contribution >= 4 is 23.2 Å². The van der Waals surface area contributed by atoms with E-state index >= 15 is 0 Å². The molecule has 0 N–H and O–H groups in total. The van der Waals surface area contributed by atoms with Crippen molar-refractivity contribution < 1.29 is 9.31 Å². The molecule has 2 heterocycles. The SMILES string of the molecule is CCCc1ncsc1B1OC(C)(C)C(C)(C)O1. The highest BCUT2D eigenvalue weighted by Crippen LogP contribution is 2.37. The van der Waals surface area contributed by atoms with Crippen molar-refractivity contribution in [2.24, 2.45) is 0 Å². The molecule has 1 aromatic heterocycles. The highest BCUT2D eigenvalue weighted by atomic mass is 32.1. The number of aryl methyl sites for hydroxylation is 1. The molecule has 1 fully saturated rings. The van der Waals surface area contributed by atoms with E-state index < -0.39 is 0 Å². The third-order valence-corrected chi connectivity index (χ3v) is 4.52. The predicted molar refractivity (Wildman–Crippen MR) is 71.8 cm³/mol. The lowest BCUT2D eigenvalue weighted by Gasteiger charge is -2.32. The normalized spacial score (nSPS) is 22.1. The van der Waals surface area contributed by atoms with Gasteiger partial charge in [-0.3, -0.25) is 4.98 Å². The first-order valence-electron chi connectivity index (χ1n) is 6.15. The molecule has 94 valence electrons. The largest absolute Gasteiger partial charge is 0.507 e. The molecular formula is C12H20BNO2S. The van der Waals surface area contributed by atoms with Crippen LogP contribution >= 0.6 is 11.3 Å². The number of rotatable bonds is 3. The molecule has 0 aromatic carbocycles. The Bertz CT molecular complexity index is 387. The van der Waals surface area contributed by atoms with E-state index in [2.05, 4.69) is 39.6 Å². The van der Waals surface area contributed by atoms with Crippen molar-refractivity contribution in [2.75, 3.05) is 0 Å². The topological polar surface area (TPSA) is 31.4 Å². The Morgan fingerprint density at radius 1 is 1.24 bits per heavy atom. The molecular weight excluding hydrogens is 233 g/mol. The lowest BCUT2D eigenvalue weighted by atomic mass is 9.85. The Hall–Kier alpha value is -0.385. The summed E-state index contributed by atoms with van der Waals surface area (Å²) < 4.78 is 13.2. The number of aromatic nitrogens is 1. The Kier molecular flexibility index (Phi) is 3.36. The first-order chi connectivity index (χ1) is 7.87. The maximum atomic E-state index is 6.04. The zero-order chi connectivity index (χ0) is 12.7. The van der Waals surface area contributed by atoms with E-state index in [1.54, 1.807) is 11.3 Å². The van der Waals surface area contributed by atoms with Gasteiger partial charge in [-0.25, -0.2) is 0 Å². The van der Waals surface area contributed by atoms with E-state index in [-0.39, 0.29) is 18.3 Å². The van der Waals surface area contributed by atoms with Crippen molar-refractivity contribution in [3.05, 3.63) is 11.2 Å². The van der Waals surface area contributed by atoms with E-state index in [1.165, 1.54) is 0 Å². The van der Waals surface area contributed by atoms with Crippen LogP contribution < -0.4 is 4.78 Å². The Labute approximate surface area is 108 Å². The van der Waals surface area contributed by atoms with Gasteiger partial charge in [0.2, 0.25) is 0 Å². The van der Waals surface area contributed by atoms with Gasteiger partial charge >= 0.3 is 7.12 Å². The molecule has 5 heteroatoms. The minimum absolute atomic E-state index is 0.256. The fraction of sp³-hybridized carbons (Fsp3) is 0.750. The Balaban J connectivity index is 2.23. The standard InChI is InChI=1S/C12H20BNO2S/c1-6-7-9-10(17-8-14-9)13-15-11(2,3)12(4,5)16-13/h8H,6-7H2,1-5H3. The first-order valence-corrected chi connectivity index (χ1v) is 7.03. The van der Waals surface area contributed by atoms with Crippen molar-refractivity contribution in [3.8, 4) is 0 Å². The van der Waals surface area contributed by atoms with Crippen molar-refractivity contribution in [1.82, 2.24) is 4.98 Å². The third-order valence-electron chi connectivity index (χ3n) is 3.63. The second kappa shape index (κ2) is 4.37. The quantitative estimate of drug-likeness (QED) is 0.775. The van der Waals surface area contributed by atoms with Crippen molar-refractivity contribution in [3.63, 3.8) is 0 Å². The minimum Gasteiger partial charge on any atom is -0.399 e. The monoisotopic (exact) mass is 253 g/mol. The summed E-state index contributed by atoms with van der Waals surface area (Å²) in [4.78, 5) is 4.40. The molecule has 0 bridgehead atoms. The summed E-state index contributed by atoms with van der Waals surface area (Å²) in [6, 6.07) is 0. The first kappa shape index (κ1) is 13.1. The van der Waals surface area contributed by atoms with Gasteiger partial charge in [0.05, 0.1) is 27.2 Å². The van der Waals surface area contributed by atoms with Crippen LogP contribution in [0.2, 0.25) is 0 Å². The van der Waals surface area contributed by atoms with E-state index in [1.807, 2.05) is 5.51 Å². The van der Waals surface area contributed by atoms with Crippen LogP contribution in [0.25, 0.3) is 0 Å². The molecule has 0 radical (unpaired) electrons. The zero-order valence-electron chi connectivity index (χ0n) is 11.2. The van der Waals surface area contributed by atoms with Crippen molar-refractivity contribution in [1.29, 1.82) is 0 Å². The summed E-state index contributed by atoms with van der Waals surface area (Å²) in [5, 5.41) is 0. The second-order valence-corrected chi connectivity index (χ2v) is 6.39. The van der Waals surface area contributed by atoms with Gasteiger partial charge in [-0.2, -0.15) is 0 Å². The van der Waals surface area contributed by atoms with Gasteiger partial charge in [0.1, 0.15) is 0 Å². The molecule has 3 nitrogen and oxygen atoms in total. The summed E-state index contributed by atoms with van der Waals surface area (Å²) in [5.74, 6) is 0.